The lowest BCUT2D eigenvalue weighted by molar-refractivity contribution is -0.391. The fourth-order valence-electron chi connectivity index (χ4n) is 8.02. The van der Waals surface area contributed by atoms with E-state index in [9.17, 15) is 0 Å². The molecule has 5 aromatic rings. The van der Waals surface area contributed by atoms with E-state index in [4.69, 9.17) is 53.8 Å². The third-order valence-corrected chi connectivity index (χ3v) is 12.1. The number of benzene rings is 5. The highest BCUT2D eigenvalue weighted by Gasteiger charge is 2.56. The molecule has 0 radical (unpaired) electrons. The molecule has 0 N–H and O–H groups in total. The summed E-state index contributed by atoms with van der Waals surface area (Å²) in [6, 6.07) is 49.8. The first-order chi connectivity index (χ1) is 29.7. The minimum Gasteiger partial charge on any atom is -0.368 e. The molecule has 4 heterocycles. The van der Waals surface area contributed by atoms with Gasteiger partial charge < -0.3 is 47.4 Å². The molecule has 5 aromatic carbocycles. The highest BCUT2D eigenvalue weighted by atomic mass is 32.2. The smallest absolute Gasteiger partial charge is 0.187 e. The van der Waals surface area contributed by atoms with Crippen molar-refractivity contribution >= 4 is 11.8 Å². The Morgan fingerprint density at radius 1 is 0.517 bits per heavy atom. The number of fused-ring (bicyclic) bond motifs is 2. The van der Waals surface area contributed by atoms with E-state index in [-0.39, 0.29) is 26.4 Å². The summed E-state index contributed by atoms with van der Waals surface area (Å²) in [6.45, 7) is 1.08. The Labute approximate surface area is 355 Å². The van der Waals surface area contributed by atoms with Crippen LogP contribution in [0.3, 0.4) is 0 Å². The van der Waals surface area contributed by atoms with Crippen molar-refractivity contribution < 1.29 is 47.4 Å². The third-order valence-electron chi connectivity index (χ3n) is 10.9. The minimum atomic E-state index is -1.02. The predicted molar refractivity (Wildman–Crippen MR) is 223 cm³/mol. The van der Waals surface area contributed by atoms with Crippen LogP contribution in [0.5, 0.6) is 0 Å². The van der Waals surface area contributed by atoms with E-state index in [1.807, 2.05) is 152 Å². The van der Waals surface area contributed by atoms with Crippen molar-refractivity contribution in [2.75, 3.05) is 19.8 Å². The number of terminal acetylenes is 1. The van der Waals surface area contributed by atoms with E-state index in [1.165, 1.54) is 11.8 Å². The van der Waals surface area contributed by atoms with Gasteiger partial charge in [0.15, 0.2) is 18.9 Å². The average molecular weight is 829 g/mol. The second kappa shape index (κ2) is 20.0. The molecule has 0 spiro atoms. The first-order valence-electron chi connectivity index (χ1n) is 20.4. The van der Waals surface area contributed by atoms with Gasteiger partial charge in [-0.05, 0) is 23.3 Å². The maximum atomic E-state index is 7.26. The Kier molecular flexibility index (Phi) is 13.7. The van der Waals surface area contributed by atoms with Gasteiger partial charge in [-0.3, -0.25) is 0 Å². The number of thioether (sulfide) groups is 1. The molecule has 4 aliphatic heterocycles. The Morgan fingerprint density at radius 2 is 0.983 bits per heavy atom. The second-order valence-corrected chi connectivity index (χ2v) is 16.1. The Balaban J connectivity index is 1.07. The summed E-state index contributed by atoms with van der Waals surface area (Å²) >= 11 is 1.54. The van der Waals surface area contributed by atoms with E-state index < -0.39 is 73.1 Å². The molecular formula is C49H48O10S. The van der Waals surface area contributed by atoms with Crippen molar-refractivity contribution in [3.63, 3.8) is 0 Å². The zero-order valence-electron chi connectivity index (χ0n) is 33.0. The van der Waals surface area contributed by atoms with E-state index in [1.54, 1.807) is 0 Å². The van der Waals surface area contributed by atoms with Gasteiger partial charge in [0.1, 0.15) is 60.9 Å². The Bertz CT molecular complexity index is 2090. The topological polar surface area (TPSA) is 92.3 Å². The summed E-state index contributed by atoms with van der Waals surface area (Å²) < 4.78 is 67.5. The first kappa shape index (κ1) is 41.0. The lowest BCUT2D eigenvalue weighted by Crippen LogP contribution is -2.67. The Hall–Kier alpha value is -4.39. The third kappa shape index (κ3) is 9.71. The van der Waals surface area contributed by atoms with Crippen LogP contribution < -0.4 is 0 Å². The van der Waals surface area contributed by atoms with Gasteiger partial charge in [0, 0.05) is 16.0 Å². The summed E-state index contributed by atoms with van der Waals surface area (Å²) in [7, 11) is 0. The van der Waals surface area contributed by atoms with Crippen LogP contribution in [0.25, 0.3) is 0 Å². The van der Waals surface area contributed by atoms with Gasteiger partial charge in [-0.15, -0.1) is 6.42 Å². The highest BCUT2D eigenvalue weighted by Crippen LogP contribution is 2.44. The molecule has 0 amide bonds. The second-order valence-electron chi connectivity index (χ2n) is 15.0. The average Bonchev–Trinajstić information content (AvgIpc) is 3.31. The molecule has 4 saturated heterocycles. The van der Waals surface area contributed by atoms with Crippen molar-refractivity contribution in [1.82, 2.24) is 0 Å². The van der Waals surface area contributed by atoms with Crippen molar-refractivity contribution in [3.8, 4) is 12.3 Å². The van der Waals surface area contributed by atoms with Gasteiger partial charge in [0.2, 0.25) is 0 Å². The molecule has 0 aromatic heterocycles. The summed E-state index contributed by atoms with van der Waals surface area (Å²) in [5.74, 6) is 2.64. The van der Waals surface area contributed by atoms with Crippen molar-refractivity contribution in [1.29, 1.82) is 0 Å². The number of hydrogen-bond acceptors (Lipinski definition) is 11. The van der Waals surface area contributed by atoms with Crippen molar-refractivity contribution in [2.45, 2.75) is 91.2 Å². The molecule has 0 unspecified atom stereocenters. The molecule has 0 bridgehead atoms. The molecule has 10 nitrogen and oxygen atoms in total. The fourth-order valence-corrected chi connectivity index (χ4v) is 9.16. The van der Waals surface area contributed by atoms with E-state index >= 15 is 0 Å². The van der Waals surface area contributed by atoms with Crippen LogP contribution in [0, 0.1) is 12.3 Å². The molecule has 9 rings (SSSR count). The first-order valence-corrected chi connectivity index (χ1v) is 21.3. The zero-order valence-corrected chi connectivity index (χ0v) is 33.8. The predicted octanol–water partition coefficient (Wildman–Crippen LogP) is 8.03. The van der Waals surface area contributed by atoms with Gasteiger partial charge in [-0.25, -0.2) is 0 Å². The highest BCUT2D eigenvalue weighted by molar-refractivity contribution is 7.99. The minimum absolute atomic E-state index is 0.0176. The van der Waals surface area contributed by atoms with E-state index in [0.29, 0.717) is 6.61 Å². The van der Waals surface area contributed by atoms with Crippen LogP contribution in [0.15, 0.2) is 157 Å². The summed E-state index contributed by atoms with van der Waals surface area (Å²) in [4.78, 5) is 0.992. The normalized spacial score (nSPS) is 31.3. The van der Waals surface area contributed by atoms with E-state index in [2.05, 4.69) is 5.92 Å². The fraction of sp³-hybridized carbons (Fsp3) is 0.347. The van der Waals surface area contributed by atoms with Crippen LogP contribution in [0.1, 0.15) is 34.8 Å². The molecule has 12 atom stereocenters. The van der Waals surface area contributed by atoms with Crippen LogP contribution >= 0.6 is 11.8 Å². The molecule has 60 heavy (non-hydrogen) atoms. The molecule has 4 aliphatic rings. The Morgan fingerprint density at radius 3 is 1.50 bits per heavy atom. The van der Waals surface area contributed by atoms with Gasteiger partial charge in [0.05, 0.1) is 26.4 Å². The van der Waals surface area contributed by atoms with Gasteiger partial charge >= 0.3 is 0 Å². The molecule has 0 saturated carbocycles. The van der Waals surface area contributed by atoms with E-state index in [0.717, 1.165) is 27.1 Å². The van der Waals surface area contributed by atoms with Gasteiger partial charge in [0.25, 0.3) is 0 Å². The number of hydrogen-bond donors (Lipinski definition) is 0. The number of ether oxygens (including phenoxy) is 10. The summed E-state index contributed by atoms with van der Waals surface area (Å²) in [6.07, 6.45) is -1.57. The maximum absolute atomic E-state index is 7.26. The molecule has 11 heteroatoms. The summed E-state index contributed by atoms with van der Waals surface area (Å²) in [5, 5.41) is 0. The zero-order chi connectivity index (χ0) is 40.5. The summed E-state index contributed by atoms with van der Waals surface area (Å²) in [5.41, 5.74) is 3.18. The van der Waals surface area contributed by atoms with Crippen LogP contribution in [0.4, 0.5) is 0 Å². The largest absolute Gasteiger partial charge is 0.368 e. The molecular weight excluding hydrogens is 781 g/mol. The molecule has 4 fully saturated rings. The van der Waals surface area contributed by atoms with Gasteiger partial charge in [-0.2, -0.15) is 0 Å². The van der Waals surface area contributed by atoms with Gasteiger partial charge in [-0.1, -0.05) is 157 Å². The van der Waals surface area contributed by atoms with Crippen molar-refractivity contribution in [3.05, 3.63) is 174 Å². The molecule has 310 valence electrons. The van der Waals surface area contributed by atoms with Crippen LogP contribution in [-0.2, 0) is 60.6 Å². The molecule has 0 aliphatic carbocycles. The monoisotopic (exact) mass is 828 g/mol. The lowest BCUT2D eigenvalue weighted by atomic mass is 9.95. The van der Waals surface area contributed by atoms with Crippen LogP contribution in [0.2, 0.25) is 0 Å². The van der Waals surface area contributed by atoms with Crippen LogP contribution in [-0.4, -0.2) is 80.4 Å². The van der Waals surface area contributed by atoms with Crippen molar-refractivity contribution in [2.24, 2.45) is 0 Å². The quantitative estimate of drug-likeness (QED) is 0.102. The SMILES string of the molecule is C#CCO[C@@H]1[C@H](O[C@H]2[C@@H](OCc3ccccc3)[C@@H]3O[C@H](c4ccccc4)OC[C@H]3O[C@@H]2Sc2ccccc2)O[C@@H]2CO[C@@H](c3ccccc3)O[C@H]2[C@@H]1OCc1ccccc1. The number of rotatable bonds is 14. The maximum Gasteiger partial charge on any atom is 0.187 e. The lowest BCUT2D eigenvalue weighted by Gasteiger charge is -2.52. The standard InChI is InChI=1S/C49H48O10S/c1-2-28-50-44-42(51-29-33-18-8-3-9-19-33)40-38(31-53-46(57-40)35-22-12-5-13-23-35)55-48(44)59-45-43(52-30-34-20-10-4-11-21-34)41-39(56-49(45)60-37-26-16-7-17-27-37)32-54-47(58-41)36-24-14-6-15-25-36/h1,3-27,38-49H,28-32H2/t38-,39-,40-,41-,42+,43+,44+,45+,46-,47-,48+,49-/m1/s1.